The van der Waals surface area contributed by atoms with E-state index in [0.29, 0.717) is 11.0 Å². The summed E-state index contributed by atoms with van der Waals surface area (Å²) in [6.45, 7) is 0.554. The number of aromatic nitrogens is 4. The summed E-state index contributed by atoms with van der Waals surface area (Å²) in [6.07, 6.45) is 2.78. The number of non-ortho nitro benzene ring substituents is 1. The highest BCUT2D eigenvalue weighted by molar-refractivity contribution is 6.33. The minimum absolute atomic E-state index is 0.0157. The van der Waals surface area contributed by atoms with E-state index in [-0.39, 0.29) is 47.3 Å². The number of carbonyl (C=O) groups is 1. The molecule has 0 aliphatic carbocycles. The van der Waals surface area contributed by atoms with Gasteiger partial charge in [0, 0.05) is 18.7 Å². The molecule has 0 fully saturated rings. The fraction of sp³-hybridized carbons (Fsp3) is 0.143. The highest BCUT2D eigenvalue weighted by atomic mass is 35.5. The van der Waals surface area contributed by atoms with Crippen LogP contribution in [0.5, 0.6) is 0 Å². The molecule has 168 valence electrons. The Morgan fingerprint density at radius 2 is 1.97 bits per heavy atom. The molecule has 4 rings (SSSR count). The summed E-state index contributed by atoms with van der Waals surface area (Å²) < 4.78 is 15.9. The number of halogens is 2. The summed E-state index contributed by atoms with van der Waals surface area (Å²) in [5.74, 6) is -0.935. The molecule has 0 saturated carbocycles. The predicted molar refractivity (Wildman–Crippen MR) is 118 cm³/mol. The van der Waals surface area contributed by atoms with E-state index in [0.717, 1.165) is 11.6 Å². The van der Waals surface area contributed by atoms with Crippen LogP contribution in [0.2, 0.25) is 5.02 Å². The van der Waals surface area contributed by atoms with Crippen molar-refractivity contribution in [2.24, 2.45) is 0 Å². The molecule has 4 aromatic rings. The molecule has 0 atom stereocenters. The average molecular weight is 471 g/mol. The smallest absolute Gasteiger partial charge is 0.270 e. The lowest BCUT2D eigenvalue weighted by atomic mass is 10.2. The zero-order valence-corrected chi connectivity index (χ0v) is 17.7. The number of rotatable bonds is 7. The number of amides is 1. The number of hydrogen-bond donors (Lipinski definition) is 1. The van der Waals surface area contributed by atoms with Gasteiger partial charge in [-0.05, 0) is 23.8 Å². The van der Waals surface area contributed by atoms with Gasteiger partial charge in [-0.3, -0.25) is 24.3 Å². The van der Waals surface area contributed by atoms with Gasteiger partial charge in [-0.25, -0.2) is 14.1 Å². The summed E-state index contributed by atoms with van der Waals surface area (Å²) in [4.78, 5) is 39.7. The van der Waals surface area contributed by atoms with E-state index >= 15 is 0 Å². The van der Waals surface area contributed by atoms with Crippen molar-refractivity contribution in [1.29, 1.82) is 0 Å². The van der Waals surface area contributed by atoms with Crippen molar-refractivity contribution in [1.82, 2.24) is 24.6 Å². The first kappa shape index (κ1) is 22.1. The highest BCUT2D eigenvalue weighted by Crippen LogP contribution is 2.21. The van der Waals surface area contributed by atoms with E-state index in [9.17, 15) is 24.1 Å². The number of benzene rings is 2. The molecule has 0 spiro atoms. The molecule has 0 aliphatic rings. The van der Waals surface area contributed by atoms with Crippen molar-refractivity contribution >= 4 is 34.2 Å². The van der Waals surface area contributed by atoms with E-state index in [1.54, 1.807) is 12.1 Å². The van der Waals surface area contributed by atoms with Crippen molar-refractivity contribution in [3.63, 3.8) is 0 Å². The predicted octanol–water partition coefficient (Wildman–Crippen LogP) is 2.77. The maximum absolute atomic E-state index is 13.1. The fourth-order valence-corrected chi connectivity index (χ4v) is 3.44. The number of hydrogen-bond acceptors (Lipinski definition) is 6. The van der Waals surface area contributed by atoms with Gasteiger partial charge in [-0.15, -0.1) is 0 Å². The molecule has 0 aliphatic heterocycles. The number of nitrogens with one attached hydrogen (secondary N) is 1. The summed E-state index contributed by atoms with van der Waals surface area (Å²) in [5.41, 5.74) is 0.525. The van der Waals surface area contributed by atoms with Gasteiger partial charge in [-0.1, -0.05) is 23.7 Å². The first-order chi connectivity index (χ1) is 15.8. The van der Waals surface area contributed by atoms with Gasteiger partial charge in [0.25, 0.3) is 17.2 Å². The molecular weight excluding hydrogens is 455 g/mol. The summed E-state index contributed by atoms with van der Waals surface area (Å²) >= 11 is 5.98. The third-order valence-corrected chi connectivity index (χ3v) is 5.23. The van der Waals surface area contributed by atoms with Crippen LogP contribution in [0.25, 0.3) is 11.0 Å². The van der Waals surface area contributed by atoms with Gasteiger partial charge in [0.2, 0.25) is 0 Å². The fourth-order valence-electron chi connectivity index (χ4n) is 3.23. The Labute approximate surface area is 190 Å². The normalized spacial score (nSPS) is 11.0. The first-order valence-electron chi connectivity index (χ1n) is 9.71. The van der Waals surface area contributed by atoms with Crippen molar-refractivity contribution in [2.45, 2.75) is 13.1 Å². The quantitative estimate of drug-likeness (QED) is 0.327. The number of nitro benzene ring substituents is 1. The lowest BCUT2D eigenvalue weighted by molar-refractivity contribution is -0.384. The second-order valence-electron chi connectivity index (χ2n) is 7.09. The summed E-state index contributed by atoms with van der Waals surface area (Å²) in [7, 11) is 0. The number of nitro groups is 1. The van der Waals surface area contributed by atoms with E-state index in [4.69, 9.17) is 11.6 Å². The number of carbonyl (C=O) groups excluding carboxylic acids is 1. The van der Waals surface area contributed by atoms with Crippen LogP contribution in [-0.4, -0.2) is 36.7 Å². The maximum atomic E-state index is 13.1. The number of fused-ring (bicyclic) bond motifs is 1. The molecule has 1 N–H and O–H groups in total. The standard InChI is InChI=1S/C21H16ClFN6O4/c22-18-6-5-15(29(32)33)9-16(18)20(30)24-7-8-28-19-17(10-26-28)21(31)27(12-25-19)11-13-1-3-14(23)4-2-13/h1-6,9-10,12H,7-8,11H2,(H,24,30). The van der Waals surface area contributed by atoms with Gasteiger partial charge in [0.05, 0.1) is 34.8 Å². The molecule has 2 aromatic carbocycles. The molecular formula is C21H16ClFN6O4. The number of nitrogens with zero attached hydrogens (tertiary/aromatic N) is 5. The molecule has 0 bridgehead atoms. The van der Waals surface area contributed by atoms with Crippen molar-refractivity contribution < 1.29 is 14.1 Å². The van der Waals surface area contributed by atoms with Crippen LogP contribution in [0.3, 0.4) is 0 Å². The Morgan fingerprint density at radius 3 is 2.70 bits per heavy atom. The van der Waals surface area contributed by atoms with Crippen molar-refractivity contribution in [3.8, 4) is 0 Å². The van der Waals surface area contributed by atoms with Crippen LogP contribution in [-0.2, 0) is 13.1 Å². The SMILES string of the molecule is O=C(NCCn1ncc2c(=O)n(Cc3ccc(F)cc3)cnc21)c1cc([N+](=O)[O-])ccc1Cl. The highest BCUT2D eigenvalue weighted by Gasteiger charge is 2.16. The minimum Gasteiger partial charge on any atom is -0.350 e. The van der Waals surface area contributed by atoms with Gasteiger partial charge < -0.3 is 5.32 Å². The largest absolute Gasteiger partial charge is 0.350 e. The van der Waals surface area contributed by atoms with Gasteiger partial charge in [0.15, 0.2) is 5.65 Å². The first-order valence-corrected chi connectivity index (χ1v) is 10.1. The molecule has 1 amide bonds. The zero-order valence-electron chi connectivity index (χ0n) is 16.9. The molecule has 0 unspecified atom stereocenters. The van der Waals surface area contributed by atoms with Crippen LogP contribution in [0, 0.1) is 15.9 Å². The Bertz CT molecular complexity index is 1420. The molecule has 0 saturated heterocycles. The third-order valence-electron chi connectivity index (χ3n) is 4.90. The summed E-state index contributed by atoms with van der Waals surface area (Å²) in [5, 5.41) is 18.1. The molecule has 2 aromatic heterocycles. The molecule has 33 heavy (non-hydrogen) atoms. The lowest BCUT2D eigenvalue weighted by Crippen LogP contribution is -2.28. The molecule has 0 radical (unpaired) electrons. The maximum Gasteiger partial charge on any atom is 0.270 e. The Balaban J connectivity index is 1.45. The lowest BCUT2D eigenvalue weighted by Gasteiger charge is -2.08. The van der Waals surface area contributed by atoms with E-state index < -0.39 is 10.8 Å². The van der Waals surface area contributed by atoms with Gasteiger partial charge in [-0.2, -0.15) is 5.10 Å². The second kappa shape index (κ2) is 9.17. The zero-order chi connectivity index (χ0) is 23.5. The molecule has 10 nitrogen and oxygen atoms in total. The minimum atomic E-state index is -0.614. The molecule has 2 heterocycles. The van der Waals surface area contributed by atoms with E-state index in [2.05, 4.69) is 15.4 Å². The van der Waals surface area contributed by atoms with Crippen molar-refractivity contribution in [3.05, 3.63) is 97.4 Å². The Hall–Kier alpha value is -4.12. The molecule has 12 heteroatoms. The Kier molecular flexibility index (Phi) is 6.13. The third kappa shape index (κ3) is 4.72. The monoisotopic (exact) mass is 470 g/mol. The van der Waals surface area contributed by atoms with E-state index in [1.165, 1.54) is 46.0 Å². The average Bonchev–Trinajstić information content (AvgIpc) is 3.21. The topological polar surface area (TPSA) is 125 Å². The van der Waals surface area contributed by atoms with Gasteiger partial charge in [0.1, 0.15) is 17.5 Å². The van der Waals surface area contributed by atoms with Gasteiger partial charge >= 0.3 is 0 Å². The van der Waals surface area contributed by atoms with E-state index in [1.807, 2.05) is 0 Å². The summed E-state index contributed by atoms with van der Waals surface area (Å²) in [6, 6.07) is 9.42. The Morgan fingerprint density at radius 1 is 1.21 bits per heavy atom. The van der Waals surface area contributed by atoms with Crippen LogP contribution >= 0.6 is 11.6 Å². The van der Waals surface area contributed by atoms with Crippen molar-refractivity contribution in [2.75, 3.05) is 6.54 Å². The second-order valence-corrected chi connectivity index (χ2v) is 7.49. The van der Waals surface area contributed by atoms with Crippen LogP contribution in [0.4, 0.5) is 10.1 Å². The van der Waals surface area contributed by atoms with Crippen LogP contribution in [0.15, 0.2) is 59.8 Å². The van der Waals surface area contributed by atoms with Crippen LogP contribution in [0.1, 0.15) is 15.9 Å². The van der Waals surface area contributed by atoms with Crippen LogP contribution < -0.4 is 10.9 Å².